The van der Waals surface area contributed by atoms with Crippen molar-refractivity contribution in [1.82, 2.24) is 5.32 Å². The molecular formula is C15H18BrFN2S. The molecule has 0 aliphatic carbocycles. The maximum absolute atomic E-state index is 14.2. The Balaban J connectivity index is 2.15. The summed E-state index contributed by atoms with van der Waals surface area (Å²) in [6, 6.07) is 7.64. The largest absolute Gasteiger partial charge is 0.368 e. The van der Waals surface area contributed by atoms with Crippen LogP contribution in [0, 0.1) is 5.82 Å². The molecule has 0 amide bonds. The van der Waals surface area contributed by atoms with E-state index in [2.05, 4.69) is 32.7 Å². The third-order valence-electron chi connectivity index (χ3n) is 3.36. The molecule has 1 atom stereocenters. The Morgan fingerprint density at radius 3 is 2.70 bits per heavy atom. The van der Waals surface area contributed by atoms with Crippen molar-refractivity contribution in [2.45, 2.75) is 19.5 Å². The average molecular weight is 357 g/mol. The highest BCUT2D eigenvalue weighted by Gasteiger charge is 2.11. The van der Waals surface area contributed by atoms with Gasteiger partial charge < -0.3 is 10.2 Å². The Labute approximate surface area is 131 Å². The molecule has 0 bridgehead atoms. The topological polar surface area (TPSA) is 15.3 Å². The van der Waals surface area contributed by atoms with Crippen molar-refractivity contribution in [3.63, 3.8) is 0 Å². The minimum Gasteiger partial charge on any atom is -0.368 e. The number of benzene rings is 1. The van der Waals surface area contributed by atoms with Gasteiger partial charge in [0.15, 0.2) is 0 Å². The van der Waals surface area contributed by atoms with E-state index in [1.165, 1.54) is 5.56 Å². The molecule has 20 heavy (non-hydrogen) atoms. The van der Waals surface area contributed by atoms with E-state index >= 15 is 0 Å². The lowest BCUT2D eigenvalue weighted by atomic mass is 10.1. The van der Waals surface area contributed by atoms with E-state index < -0.39 is 0 Å². The normalized spacial score (nSPS) is 12.4. The van der Waals surface area contributed by atoms with Crippen molar-refractivity contribution < 1.29 is 4.39 Å². The van der Waals surface area contributed by atoms with Crippen LogP contribution in [-0.2, 0) is 6.54 Å². The molecule has 0 fully saturated rings. The van der Waals surface area contributed by atoms with Crippen LogP contribution in [0.5, 0.6) is 0 Å². The number of anilines is 1. The van der Waals surface area contributed by atoms with E-state index in [4.69, 9.17) is 0 Å². The van der Waals surface area contributed by atoms with Crippen molar-refractivity contribution in [2.24, 2.45) is 0 Å². The molecule has 1 aromatic heterocycles. The summed E-state index contributed by atoms with van der Waals surface area (Å²) in [6.45, 7) is 2.71. The van der Waals surface area contributed by atoms with Crippen LogP contribution in [0.15, 0.2) is 33.4 Å². The van der Waals surface area contributed by atoms with Crippen molar-refractivity contribution >= 4 is 33.0 Å². The second-order valence-electron chi connectivity index (χ2n) is 4.84. The number of hydrogen-bond donors (Lipinski definition) is 1. The van der Waals surface area contributed by atoms with Crippen LogP contribution < -0.4 is 10.2 Å². The fourth-order valence-corrected chi connectivity index (χ4v) is 3.26. The van der Waals surface area contributed by atoms with Crippen molar-refractivity contribution in [3.05, 3.63) is 50.4 Å². The number of halogens is 2. The first-order chi connectivity index (χ1) is 9.51. The monoisotopic (exact) mass is 356 g/mol. The first-order valence-electron chi connectivity index (χ1n) is 6.42. The zero-order chi connectivity index (χ0) is 14.7. The van der Waals surface area contributed by atoms with Gasteiger partial charge in [-0.25, -0.2) is 4.39 Å². The van der Waals surface area contributed by atoms with Gasteiger partial charge in [0.25, 0.3) is 0 Å². The van der Waals surface area contributed by atoms with Gasteiger partial charge in [-0.2, -0.15) is 0 Å². The smallest absolute Gasteiger partial charge is 0.146 e. The number of nitrogens with one attached hydrogen (secondary N) is 1. The van der Waals surface area contributed by atoms with Gasteiger partial charge in [-0.15, -0.1) is 11.3 Å². The van der Waals surface area contributed by atoms with E-state index in [9.17, 15) is 4.39 Å². The summed E-state index contributed by atoms with van der Waals surface area (Å²) < 4.78 is 15.3. The molecule has 2 nitrogen and oxygen atoms in total. The lowest BCUT2D eigenvalue weighted by molar-refractivity contribution is 0.605. The summed E-state index contributed by atoms with van der Waals surface area (Å²) in [6.07, 6.45) is 0. The lowest BCUT2D eigenvalue weighted by Crippen LogP contribution is -2.18. The van der Waals surface area contributed by atoms with Crippen LogP contribution in [-0.4, -0.2) is 14.1 Å². The Bertz CT molecular complexity index is 585. The maximum atomic E-state index is 14.2. The molecular weight excluding hydrogens is 339 g/mol. The molecule has 0 spiro atoms. The van der Waals surface area contributed by atoms with Gasteiger partial charge in [0.05, 0.1) is 9.47 Å². The molecule has 0 radical (unpaired) electrons. The summed E-state index contributed by atoms with van der Waals surface area (Å²) in [5.74, 6) is -0.179. The van der Waals surface area contributed by atoms with Gasteiger partial charge in [-0.05, 0) is 64.6 Å². The summed E-state index contributed by atoms with van der Waals surface area (Å²) in [7, 11) is 3.78. The van der Waals surface area contributed by atoms with Crippen molar-refractivity contribution in [3.8, 4) is 0 Å². The van der Waals surface area contributed by atoms with Crippen LogP contribution in [0.1, 0.15) is 24.1 Å². The number of thiophene rings is 1. The number of nitrogens with zero attached hydrogens (tertiary/aromatic N) is 1. The summed E-state index contributed by atoms with van der Waals surface area (Å²) in [5.41, 5.74) is 2.76. The highest BCUT2D eigenvalue weighted by atomic mass is 79.9. The molecule has 1 unspecified atom stereocenters. The zero-order valence-electron chi connectivity index (χ0n) is 11.8. The fraction of sp³-hybridized carbons (Fsp3) is 0.333. The molecule has 2 rings (SSSR count). The van der Waals surface area contributed by atoms with E-state index in [0.29, 0.717) is 12.2 Å². The van der Waals surface area contributed by atoms with Gasteiger partial charge in [0, 0.05) is 19.6 Å². The third-order valence-corrected chi connectivity index (χ3v) is 4.91. The maximum Gasteiger partial charge on any atom is 0.146 e. The molecule has 1 N–H and O–H groups in total. The molecule has 0 aliphatic heterocycles. The van der Waals surface area contributed by atoms with Gasteiger partial charge in [0.1, 0.15) is 5.82 Å². The number of rotatable bonds is 5. The summed E-state index contributed by atoms with van der Waals surface area (Å²) in [5, 5.41) is 5.19. The molecule has 0 aliphatic rings. The van der Waals surface area contributed by atoms with Gasteiger partial charge in [-0.1, -0.05) is 6.07 Å². The molecule has 1 aromatic carbocycles. The van der Waals surface area contributed by atoms with Crippen molar-refractivity contribution in [1.29, 1.82) is 0 Å². The van der Waals surface area contributed by atoms with Gasteiger partial charge in [0.2, 0.25) is 0 Å². The number of hydrogen-bond acceptors (Lipinski definition) is 3. The fourth-order valence-electron chi connectivity index (χ4n) is 2.06. The van der Waals surface area contributed by atoms with Crippen LogP contribution in [0.25, 0.3) is 0 Å². The van der Waals surface area contributed by atoms with Crippen LogP contribution in [0.3, 0.4) is 0 Å². The Kier molecular flexibility index (Phi) is 5.18. The van der Waals surface area contributed by atoms with E-state index in [0.717, 1.165) is 9.35 Å². The molecule has 0 saturated heterocycles. The molecule has 2 aromatic rings. The highest BCUT2D eigenvalue weighted by Crippen LogP contribution is 2.26. The lowest BCUT2D eigenvalue weighted by Gasteiger charge is -2.21. The minimum absolute atomic E-state index is 0.150. The minimum atomic E-state index is -0.179. The quantitative estimate of drug-likeness (QED) is 0.844. The zero-order valence-corrected chi connectivity index (χ0v) is 14.2. The van der Waals surface area contributed by atoms with Gasteiger partial charge >= 0.3 is 0 Å². The Hall–Kier alpha value is -0.910. The van der Waals surface area contributed by atoms with Crippen LogP contribution in [0.2, 0.25) is 0 Å². The SMILES string of the molecule is CNC(C)c1ccc(N(C)Cc2csc(Br)c2)c(F)c1. The van der Waals surface area contributed by atoms with E-state index in [-0.39, 0.29) is 11.9 Å². The first kappa shape index (κ1) is 15.5. The first-order valence-corrected chi connectivity index (χ1v) is 8.09. The predicted molar refractivity (Wildman–Crippen MR) is 88.0 cm³/mol. The van der Waals surface area contributed by atoms with Crippen LogP contribution in [0.4, 0.5) is 10.1 Å². The molecule has 108 valence electrons. The second-order valence-corrected chi connectivity index (χ2v) is 7.13. The Morgan fingerprint density at radius 2 is 2.15 bits per heavy atom. The van der Waals surface area contributed by atoms with E-state index in [1.807, 2.05) is 38.1 Å². The summed E-state index contributed by atoms with van der Waals surface area (Å²) >= 11 is 5.09. The van der Waals surface area contributed by atoms with Crippen molar-refractivity contribution in [2.75, 3.05) is 19.0 Å². The summed E-state index contributed by atoms with van der Waals surface area (Å²) in [4.78, 5) is 1.93. The Morgan fingerprint density at radius 1 is 1.40 bits per heavy atom. The standard InChI is InChI=1S/C15H18BrFN2S/c1-10(18-2)12-4-5-14(13(17)7-12)19(3)8-11-6-15(16)20-9-11/h4-7,9-10,18H,8H2,1-3H3. The van der Waals surface area contributed by atoms with Gasteiger partial charge in [-0.3, -0.25) is 0 Å². The molecule has 0 saturated carbocycles. The second kappa shape index (κ2) is 6.70. The molecule has 5 heteroatoms. The average Bonchev–Trinajstić information content (AvgIpc) is 2.82. The third kappa shape index (κ3) is 3.59. The van der Waals surface area contributed by atoms with E-state index in [1.54, 1.807) is 17.4 Å². The predicted octanol–water partition coefficient (Wildman–Crippen LogP) is 4.57. The van der Waals surface area contributed by atoms with Crippen LogP contribution >= 0.6 is 27.3 Å². The molecule has 1 heterocycles. The highest BCUT2D eigenvalue weighted by molar-refractivity contribution is 9.11.